The molecule has 3 aromatic carbocycles. The minimum Gasteiger partial charge on any atom is -0.490 e. The number of halogens is 2. The van der Waals surface area contributed by atoms with Crippen LogP contribution in [0.4, 0.5) is 0 Å². The fraction of sp³-hybridized carbons (Fsp3) is 0.222. The van der Waals surface area contributed by atoms with E-state index in [1.165, 1.54) is 0 Å². The van der Waals surface area contributed by atoms with Crippen LogP contribution in [0.25, 0.3) is 10.9 Å². The highest BCUT2D eigenvalue weighted by Gasteiger charge is 2.21. The number of fused-ring (bicyclic) bond motifs is 1. The van der Waals surface area contributed by atoms with Crippen molar-refractivity contribution in [2.45, 2.75) is 32.5 Å². The maximum absolute atomic E-state index is 12.0. The number of hydrogen-bond donors (Lipinski definition) is 3. The summed E-state index contributed by atoms with van der Waals surface area (Å²) < 4.78 is 11.9. The maximum atomic E-state index is 12.0. The summed E-state index contributed by atoms with van der Waals surface area (Å²) >= 11 is 5.98. The Morgan fingerprint density at radius 1 is 1.03 bits per heavy atom. The van der Waals surface area contributed by atoms with Crippen LogP contribution in [0.2, 0.25) is 5.02 Å². The Balaban J connectivity index is 0.00000342. The molecule has 3 N–H and O–H groups in total. The van der Waals surface area contributed by atoms with Crippen molar-refractivity contribution in [1.82, 2.24) is 10.3 Å². The van der Waals surface area contributed by atoms with Gasteiger partial charge in [-0.25, -0.2) is 0 Å². The van der Waals surface area contributed by atoms with E-state index >= 15 is 0 Å². The highest BCUT2D eigenvalue weighted by Crippen LogP contribution is 2.32. The summed E-state index contributed by atoms with van der Waals surface area (Å²) in [6, 6.07) is 20.2. The molecule has 8 heteroatoms. The normalized spacial score (nSPS) is 11.6. The van der Waals surface area contributed by atoms with Gasteiger partial charge in [0.15, 0.2) is 11.5 Å². The van der Waals surface area contributed by atoms with E-state index in [2.05, 4.69) is 10.3 Å². The number of nitrogens with one attached hydrogen (secondary N) is 2. The molecule has 6 nitrogen and oxygen atoms in total. The second-order valence-electron chi connectivity index (χ2n) is 7.93. The van der Waals surface area contributed by atoms with Crippen LogP contribution in [-0.4, -0.2) is 28.7 Å². The number of ether oxygens (including phenoxy) is 2. The number of aromatic amines is 1. The van der Waals surface area contributed by atoms with Gasteiger partial charge in [-0.2, -0.15) is 0 Å². The molecule has 0 aliphatic rings. The molecule has 1 aromatic heterocycles. The molecule has 184 valence electrons. The van der Waals surface area contributed by atoms with Crippen LogP contribution in [0.15, 0.2) is 72.9 Å². The zero-order valence-electron chi connectivity index (χ0n) is 19.3. The summed E-state index contributed by atoms with van der Waals surface area (Å²) in [7, 11) is 0. The molecule has 0 aliphatic heterocycles. The largest absolute Gasteiger partial charge is 0.490 e. The first kappa shape index (κ1) is 26.4. The standard InChI is InChI=1S/C27H27ClN2O4.ClH/c1-2-33-25-9-5-6-19(26(25)34-17-18-10-12-21(28)13-11-18)15-30-24(27(31)32)14-20-16-29-23-8-4-3-7-22(20)23;/h3-13,16,24,29-30H,2,14-15,17H2,1H3,(H,31,32);1H. The molecule has 0 radical (unpaired) electrons. The number of rotatable bonds is 11. The minimum atomic E-state index is -0.908. The minimum absolute atomic E-state index is 0. The molecule has 0 bridgehead atoms. The quantitative estimate of drug-likeness (QED) is 0.228. The molecule has 0 saturated carbocycles. The molecule has 1 atom stereocenters. The van der Waals surface area contributed by atoms with E-state index < -0.39 is 12.0 Å². The Morgan fingerprint density at radius 2 is 1.80 bits per heavy atom. The molecule has 0 aliphatic carbocycles. The number of carboxylic acids is 1. The number of H-pyrrole nitrogens is 1. The molecule has 0 saturated heterocycles. The van der Waals surface area contributed by atoms with E-state index in [0.717, 1.165) is 27.6 Å². The molecule has 0 fully saturated rings. The van der Waals surface area contributed by atoms with Gasteiger partial charge in [0, 0.05) is 40.7 Å². The Hall–Kier alpha value is -3.19. The molecule has 4 aromatic rings. The van der Waals surface area contributed by atoms with Gasteiger partial charge in [-0.1, -0.05) is 54.1 Å². The zero-order chi connectivity index (χ0) is 23.9. The number of aromatic nitrogens is 1. The van der Waals surface area contributed by atoms with Crippen molar-refractivity contribution in [2.24, 2.45) is 0 Å². The first-order chi connectivity index (χ1) is 16.5. The average Bonchev–Trinajstić information content (AvgIpc) is 3.25. The van der Waals surface area contributed by atoms with Crippen molar-refractivity contribution >= 4 is 40.9 Å². The molecule has 35 heavy (non-hydrogen) atoms. The average molecular weight is 515 g/mol. The van der Waals surface area contributed by atoms with Gasteiger partial charge in [-0.3, -0.25) is 10.1 Å². The van der Waals surface area contributed by atoms with Crippen molar-refractivity contribution in [2.75, 3.05) is 6.61 Å². The predicted octanol–water partition coefficient (Wildman–Crippen LogP) is 6.01. The van der Waals surface area contributed by atoms with Gasteiger partial charge in [-0.05, 0) is 42.3 Å². The SMILES string of the molecule is CCOc1cccc(CNC(Cc2c[nH]c3ccccc23)C(=O)O)c1OCc1ccc(Cl)cc1.Cl. The number of para-hydroxylation sites is 2. The highest BCUT2D eigenvalue weighted by molar-refractivity contribution is 6.30. The Bertz CT molecular complexity index is 1260. The Morgan fingerprint density at radius 3 is 2.54 bits per heavy atom. The summed E-state index contributed by atoms with van der Waals surface area (Å²) in [6.45, 7) is 3.06. The lowest BCUT2D eigenvalue weighted by Gasteiger charge is -2.19. The summed E-state index contributed by atoms with van der Waals surface area (Å²) in [5.41, 5.74) is 3.74. The maximum Gasteiger partial charge on any atom is 0.321 e. The number of carboxylic acid groups (broad SMARTS) is 1. The van der Waals surface area contributed by atoms with Crippen LogP contribution < -0.4 is 14.8 Å². The molecule has 0 amide bonds. The van der Waals surface area contributed by atoms with Crippen LogP contribution in [0.1, 0.15) is 23.6 Å². The fourth-order valence-electron chi connectivity index (χ4n) is 3.87. The summed E-state index contributed by atoms with van der Waals surface area (Å²) in [6.07, 6.45) is 2.23. The van der Waals surface area contributed by atoms with E-state index in [1.807, 2.05) is 79.9 Å². The summed E-state index contributed by atoms with van der Waals surface area (Å²) in [5, 5.41) is 14.7. The first-order valence-corrected chi connectivity index (χ1v) is 11.6. The number of carbonyl (C=O) groups is 1. The third kappa shape index (κ3) is 6.69. The van der Waals surface area contributed by atoms with Gasteiger partial charge in [0.25, 0.3) is 0 Å². The van der Waals surface area contributed by atoms with Crippen LogP contribution in [0.3, 0.4) is 0 Å². The van der Waals surface area contributed by atoms with Crippen molar-refractivity contribution in [3.8, 4) is 11.5 Å². The lowest BCUT2D eigenvalue weighted by Crippen LogP contribution is -2.38. The van der Waals surface area contributed by atoms with E-state index in [4.69, 9.17) is 21.1 Å². The monoisotopic (exact) mass is 514 g/mol. The third-order valence-electron chi connectivity index (χ3n) is 5.59. The Labute approximate surface area is 215 Å². The number of aliphatic carboxylic acids is 1. The van der Waals surface area contributed by atoms with Gasteiger partial charge in [0.05, 0.1) is 6.61 Å². The molecular formula is C27H28Cl2N2O4. The molecule has 0 spiro atoms. The molecule has 1 unspecified atom stereocenters. The van der Waals surface area contributed by atoms with E-state index in [1.54, 1.807) is 0 Å². The van der Waals surface area contributed by atoms with Gasteiger partial charge in [0.1, 0.15) is 12.6 Å². The lowest BCUT2D eigenvalue weighted by atomic mass is 10.0. The van der Waals surface area contributed by atoms with E-state index in [-0.39, 0.29) is 12.4 Å². The second-order valence-corrected chi connectivity index (χ2v) is 8.36. The predicted molar refractivity (Wildman–Crippen MR) is 141 cm³/mol. The van der Waals surface area contributed by atoms with E-state index in [0.29, 0.717) is 42.7 Å². The van der Waals surface area contributed by atoms with Crippen LogP contribution >= 0.6 is 24.0 Å². The van der Waals surface area contributed by atoms with Gasteiger partial charge >= 0.3 is 5.97 Å². The van der Waals surface area contributed by atoms with Crippen molar-refractivity contribution in [3.05, 3.63) is 94.6 Å². The smallest absolute Gasteiger partial charge is 0.321 e. The van der Waals surface area contributed by atoms with Crippen LogP contribution in [-0.2, 0) is 24.4 Å². The van der Waals surface area contributed by atoms with Gasteiger partial charge in [-0.15, -0.1) is 12.4 Å². The van der Waals surface area contributed by atoms with Gasteiger partial charge < -0.3 is 19.6 Å². The lowest BCUT2D eigenvalue weighted by molar-refractivity contribution is -0.139. The Kier molecular flexibility index (Phi) is 9.43. The molecule has 1 heterocycles. The molecular weight excluding hydrogens is 487 g/mol. The van der Waals surface area contributed by atoms with Crippen LogP contribution in [0.5, 0.6) is 11.5 Å². The second kappa shape index (κ2) is 12.5. The fourth-order valence-corrected chi connectivity index (χ4v) is 4.00. The van der Waals surface area contributed by atoms with Gasteiger partial charge in [0.2, 0.25) is 0 Å². The van der Waals surface area contributed by atoms with Crippen molar-refractivity contribution < 1.29 is 19.4 Å². The summed E-state index contributed by atoms with van der Waals surface area (Å²) in [5.74, 6) is 0.317. The zero-order valence-corrected chi connectivity index (χ0v) is 20.9. The molecule has 4 rings (SSSR count). The van der Waals surface area contributed by atoms with E-state index in [9.17, 15) is 9.90 Å². The van der Waals surface area contributed by atoms with Crippen LogP contribution in [0, 0.1) is 0 Å². The third-order valence-corrected chi connectivity index (χ3v) is 5.84. The van der Waals surface area contributed by atoms with Crippen molar-refractivity contribution in [3.63, 3.8) is 0 Å². The number of benzene rings is 3. The first-order valence-electron chi connectivity index (χ1n) is 11.2. The number of hydrogen-bond acceptors (Lipinski definition) is 4. The summed E-state index contributed by atoms with van der Waals surface area (Å²) in [4.78, 5) is 15.2. The van der Waals surface area contributed by atoms with Crippen molar-refractivity contribution in [1.29, 1.82) is 0 Å². The highest BCUT2D eigenvalue weighted by atomic mass is 35.5. The topological polar surface area (TPSA) is 83.6 Å².